The normalized spacial score (nSPS) is 13.1. The van der Waals surface area contributed by atoms with Crippen molar-refractivity contribution >= 4 is 15.9 Å². The third-order valence-electron chi connectivity index (χ3n) is 1.53. The Labute approximate surface area is 77.7 Å². The molecule has 4 heteroatoms. The van der Waals surface area contributed by atoms with E-state index in [2.05, 4.69) is 15.9 Å². The highest BCUT2D eigenvalue weighted by molar-refractivity contribution is 9.10. The van der Waals surface area contributed by atoms with Crippen LogP contribution in [0.1, 0.15) is 18.5 Å². The predicted molar refractivity (Wildman–Crippen MR) is 46.7 cm³/mol. The summed E-state index contributed by atoms with van der Waals surface area (Å²) >= 11 is 2.95. The second kappa shape index (κ2) is 3.49. The van der Waals surface area contributed by atoms with Crippen molar-refractivity contribution in [2.24, 2.45) is 5.73 Å². The monoisotopic (exact) mass is 235 g/mol. The van der Waals surface area contributed by atoms with Gasteiger partial charge in [0.05, 0.1) is 4.47 Å². The number of nitrogens with two attached hydrogens (primary N) is 1. The summed E-state index contributed by atoms with van der Waals surface area (Å²) in [6.45, 7) is 1.54. The number of rotatable bonds is 1. The second-order valence-corrected chi connectivity index (χ2v) is 3.40. The van der Waals surface area contributed by atoms with E-state index in [0.717, 1.165) is 0 Å². The van der Waals surface area contributed by atoms with Gasteiger partial charge in [0.2, 0.25) is 0 Å². The molecular weight excluding hydrogens is 228 g/mol. The Kier molecular flexibility index (Phi) is 2.80. The molecule has 0 amide bonds. The molecule has 0 unspecified atom stereocenters. The van der Waals surface area contributed by atoms with Crippen molar-refractivity contribution in [1.82, 2.24) is 0 Å². The fourth-order valence-electron chi connectivity index (χ4n) is 0.960. The van der Waals surface area contributed by atoms with Crippen LogP contribution in [-0.2, 0) is 0 Å². The van der Waals surface area contributed by atoms with Gasteiger partial charge in [-0.15, -0.1) is 0 Å². The molecule has 0 aliphatic carbocycles. The van der Waals surface area contributed by atoms with Gasteiger partial charge in [0.15, 0.2) is 0 Å². The zero-order valence-electron chi connectivity index (χ0n) is 6.44. The minimum absolute atomic E-state index is 0.0793. The predicted octanol–water partition coefficient (Wildman–Crippen LogP) is 2.75. The topological polar surface area (TPSA) is 26.0 Å². The molecule has 0 saturated heterocycles. The van der Waals surface area contributed by atoms with E-state index in [4.69, 9.17) is 5.73 Å². The lowest BCUT2D eigenvalue weighted by Crippen LogP contribution is -2.10. The average molecular weight is 236 g/mol. The number of hydrogen-bond acceptors (Lipinski definition) is 1. The molecule has 0 spiro atoms. The molecule has 0 saturated carbocycles. The van der Waals surface area contributed by atoms with Crippen molar-refractivity contribution in [1.29, 1.82) is 0 Å². The molecule has 0 bridgehead atoms. The van der Waals surface area contributed by atoms with Crippen LogP contribution in [0.2, 0.25) is 0 Å². The van der Waals surface area contributed by atoms with Crippen LogP contribution in [0, 0.1) is 11.6 Å². The van der Waals surface area contributed by atoms with Gasteiger partial charge in [-0.3, -0.25) is 0 Å². The maximum atomic E-state index is 13.1. The van der Waals surface area contributed by atoms with E-state index in [1.807, 2.05) is 0 Å². The van der Waals surface area contributed by atoms with Gasteiger partial charge >= 0.3 is 0 Å². The smallest absolute Gasteiger partial charge is 0.145 e. The molecule has 66 valence electrons. The second-order valence-electron chi connectivity index (χ2n) is 2.55. The van der Waals surface area contributed by atoms with Crippen molar-refractivity contribution in [2.75, 3.05) is 0 Å². The van der Waals surface area contributed by atoms with Crippen LogP contribution in [0.5, 0.6) is 0 Å². The highest BCUT2D eigenvalue weighted by atomic mass is 79.9. The lowest BCUT2D eigenvalue weighted by atomic mass is 10.1. The largest absolute Gasteiger partial charge is 0.324 e. The molecule has 12 heavy (non-hydrogen) atoms. The van der Waals surface area contributed by atoms with Gasteiger partial charge in [-0.25, -0.2) is 8.78 Å². The van der Waals surface area contributed by atoms with E-state index in [1.165, 1.54) is 19.1 Å². The van der Waals surface area contributed by atoms with Crippen molar-refractivity contribution < 1.29 is 8.78 Å². The minimum Gasteiger partial charge on any atom is -0.324 e. The van der Waals surface area contributed by atoms with Crippen LogP contribution in [0.3, 0.4) is 0 Å². The van der Waals surface area contributed by atoms with E-state index in [-0.39, 0.29) is 10.0 Å². The Morgan fingerprint density at radius 1 is 1.42 bits per heavy atom. The molecule has 0 aliphatic rings. The quantitative estimate of drug-likeness (QED) is 0.745. The molecule has 1 aromatic rings. The highest BCUT2D eigenvalue weighted by Crippen LogP contribution is 2.25. The maximum absolute atomic E-state index is 13.1. The number of halogens is 3. The van der Waals surface area contributed by atoms with Gasteiger partial charge in [-0.1, -0.05) is 0 Å². The van der Waals surface area contributed by atoms with Crippen molar-refractivity contribution in [3.63, 3.8) is 0 Å². The van der Waals surface area contributed by atoms with Crippen molar-refractivity contribution in [3.8, 4) is 0 Å². The van der Waals surface area contributed by atoms with Gasteiger partial charge in [-0.05, 0) is 35.0 Å². The Hall–Kier alpha value is -0.480. The molecule has 0 fully saturated rings. The zero-order valence-corrected chi connectivity index (χ0v) is 8.03. The van der Waals surface area contributed by atoms with E-state index in [1.54, 1.807) is 0 Å². The lowest BCUT2D eigenvalue weighted by molar-refractivity contribution is 0.533. The Morgan fingerprint density at radius 2 is 2.00 bits per heavy atom. The number of benzene rings is 1. The highest BCUT2D eigenvalue weighted by Gasteiger charge is 2.14. The van der Waals surface area contributed by atoms with E-state index >= 15 is 0 Å². The Morgan fingerprint density at radius 3 is 2.42 bits per heavy atom. The van der Waals surface area contributed by atoms with Crippen molar-refractivity contribution in [3.05, 3.63) is 33.8 Å². The summed E-state index contributed by atoms with van der Waals surface area (Å²) in [7, 11) is 0. The van der Waals surface area contributed by atoms with Crippen LogP contribution in [-0.4, -0.2) is 0 Å². The van der Waals surface area contributed by atoms with E-state index in [9.17, 15) is 8.78 Å². The first-order chi connectivity index (χ1) is 5.54. The molecule has 1 rings (SSSR count). The first kappa shape index (κ1) is 9.61. The SMILES string of the molecule is C[C@@H](N)c1c(F)ccc(Br)c1F. The Bertz CT molecular complexity index is 299. The summed E-state index contributed by atoms with van der Waals surface area (Å²) in [5.41, 5.74) is 5.30. The molecule has 1 atom stereocenters. The lowest BCUT2D eigenvalue weighted by Gasteiger charge is -2.08. The zero-order chi connectivity index (χ0) is 9.30. The maximum Gasteiger partial charge on any atom is 0.145 e. The molecule has 0 heterocycles. The summed E-state index contributed by atoms with van der Waals surface area (Å²) in [6.07, 6.45) is 0. The van der Waals surface area contributed by atoms with Gasteiger partial charge in [0, 0.05) is 11.6 Å². The molecule has 1 aromatic carbocycles. The fraction of sp³-hybridized carbons (Fsp3) is 0.250. The van der Waals surface area contributed by atoms with Gasteiger partial charge in [0.1, 0.15) is 11.6 Å². The molecule has 1 nitrogen and oxygen atoms in total. The average Bonchev–Trinajstić information content (AvgIpc) is 1.97. The van der Waals surface area contributed by atoms with Crippen LogP contribution >= 0.6 is 15.9 Å². The molecule has 2 N–H and O–H groups in total. The summed E-state index contributed by atoms with van der Waals surface area (Å²) < 4.78 is 26.3. The first-order valence-corrected chi connectivity index (χ1v) is 4.22. The van der Waals surface area contributed by atoms with Gasteiger partial charge in [0.25, 0.3) is 0 Å². The van der Waals surface area contributed by atoms with Gasteiger partial charge < -0.3 is 5.73 Å². The fourth-order valence-corrected chi connectivity index (χ4v) is 1.31. The number of hydrogen-bond donors (Lipinski definition) is 1. The van der Waals surface area contributed by atoms with E-state index in [0.29, 0.717) is 0 Å². The van der Waals surface area contributed by atoms with Crippen LogP contribution in [0.15, 0.2) is 16.6 Å². The van der Waals surface area contributed by atoms with Crippen LogP contribution in [0.25, 0.3) is 0 Å². The standard InChI is InChI=1S/C8H8BrF2N/c1-4(12)7-6(10)3-2-5(9)8(7)11/h2-4H,12H2,1H3/t4-/m1/s1. The van der Waals surface area contributed by atoms with Crippen LogP contribution < -0.4 is 5.73 Å². The minimum atomic E-state index is -0.637. The summed E-state index contributed by atoms with van der Waals surface area (Å²) in [4.78, 5) is 0. The molecular formula is C8H8BrF2N. The summed E-state index contributed by atoms with van der Waals surface area (Å²) in [5, 5.41) is 0. The molecule has 0 aliphatic heterocycles. The van der Waals surface area contributed by atoms with E-state index < -0.39 is 17.7 Å². The first-order valence-electron chi connectivity index (χ1n) is 3.43. The summed E-state index contributed by atoms with van der Waals surface area (Å²) in [6, 6.07) is 1.87. The third-order valence-corrected chi connectivity index (χ3v) is 2.15. The summed E-state index contributed by atoms with van der Waals surface area (Å²) in [5.74, 6) is -1.23. The van der Waals surface area contributed by atoms with Gasteiger partial charge in [-0.2, -0.15) is 0 Å². The molecule has 0 aromatic heterocycles. The third kappa shape index (κ3) is 1.64. The van der Waals surface area contributed by atoms with Crippen molar-refractivity contribution in [2.45, 2.75) is 13.0 Å². The molecule has 0 radical (unpaired) electrons. The Balaban J connectivity index is 3.33. The van der Waals surface area contributed by atoms with Crippen LogP contribution in [0.4, 0.5) is 8.78 Å².